The predicted molar refractivity (Wildman–Crippen MR) is 132 cm³/mol. The number of benzene rings is 2. The molecule has 182 valence electrons. The Morgan fingerprint density at radius 3 is 2.54 bits per heavy atom. The second-order valence-electron chi connectivity index (χ2n) is 9.72. The van der Waals surface area contributed by atoms with Crippen LogP contribution < -0.4 is 15.0 Å². The van der Waals surface area contributed by atoms with Crippen LogP contribution in [0.15, 0.2) is 47.3 Å². The van der Waals surface area contributed by atoms with Crippen molar-refractivity contribution in [3.05, 3.63) is 75.3 Å². The summed E-state index contributed by atoms with van der Waals surface area (Å²) in [5, 5.41) is 13.4. The van der Waals surface area contributed by atoms with E-state index in [-0.39, 0.29) is 17.9 Å². The Morgan fingerprint density at radius 2 is 1.80 bits per heavy atom. The summed E-state index contributed by atoms with van der Waals surface area (Å²) in [5.74, 6) is 2.10. The lowest BCUT2D eigenvalue weighted by Gasteiger charge is -2.27. The first-order valence-electron chi connectivity index (χ1n) is 11.8. The quantitative estimate of drug-likeness (QED) is 0.414. The van der Waals surface area contributed by atoms with Gasteiger partial charge in [-0.05, 0) is 55.3 Å². The van der Waals surface area contributed by atoms with Gasteiger partial charge in [0.05, 0.1) is 17.6 Å². The van der Waals surface area contributed by atoms with Gasteiger partial charge in [-0.3, -0.25) is 9.69 Å². The van der Waals surface area contributed by atoms with Crippen molar-refractivity contribution in [2.24, 2.45) is 0 Å². The normalized spacial score (nSPS) is 13.2. The molecule has 0 aliphatic carbocycles. The summed E-state index contributed by atoms with van der Waals surface area (Å²) in [4.78, 5) is 18.2. The molecule has 0 amide bonds. The highest BCUT2D eigenvalue weighted by molar-refractivity contribution is 5.83. The highest BCUT2D eigenvalue weighted by atomic mass is 16.7. The van der Waals surface area contributed by atoms with Gasteiger partial charge in [-0.15, -0.1) is 5.10 Å². The van der Waals surface area contributed by atoms with Gasteiger partial charge >= 0.3 is 0 Å². The molecule has 35 heavy (non-hydrogen) atoms. The average Bonchev–Trinajstić information content (AvgIpc) is 3.49. The van der Waals surface area contributed by atoms with Crippen molar-refractivity contribution >= 4 is 10.9 Å². The standard InChI is InChI=1S/C26H30N6O3/c1-5-26(3,4)32-24(28-29-30-32)15-31(13-18-8-6-17(2)7-9-18)14-20-10-19-11-22-23(35-16-34-22)12-21(19)27-25(20)33/h6-12H,5,13-16H2,1-4H3,(H,27,33). The third-order valence-corrected chi connectivity index (χ3v) is 6.67. The SMILES string of the molecule is CCC(C)(C)n1nnnc1CN(Cc1ccc(C)cc1)Cc1cc2cc3c(cc2[nH]c1=O)OCO3. The van der Waals surface area contributed by atoms with E-state index in [0.29, 0.717) is 36.7 Å². The summed E-state index contributed by atoms with van der Waals surface area (Å²) >= 11 is 0. The van der Waals surface area contributed by atoms with E-state index in [1.165, 1.54) is 5.56 Å². The fourth-order valence-electron chi connectivity index (χ4n) is 4.24. The molecule has 5 rings (SSSR count). The van der Waals surface area contributed by atoms with Crippen LogP contribution in [0.3, 0.4) is 0 Å². The third kappa shape index (κ3) is 4.77. The Kier molecular flexibility index (Phi) is 6.02. The fraction of sp³-hybridized carbons (Fsp3) is 0.385. The van der Waals surface area contributed by atoms with Gasteiger partial charge < -0.3 is 14.5 Å². The number of fused-ring (bicyclic) bond motifs is 2. The number of hydrogen-bond acceptors (Lipinski definition) is 7. The topological polar surface area (TPSA) is 98.2 Å². The molecule has 2 aromatic carbocycles. The minimum absolute atomic E-state index is 0.126. The van der Waals surface area contributed by atoms with E-state index in [2.05, 4.69) is 77.4 Å². The van der Waals surface area contributed by atoms with Crippen LogP contribution in [0.2, 0.25) is 0 Å². The number of hydrogen-bond donors (Lipinski definition) is 1. The molecule has 0 bridgehead atoms. The summed E-state index contributed by atoms with van der Waals surface area (Å²) in [6, 6.07) is 14.1. The van der Waals surface area contributed by atoms with Crippen LogP contribution in [0.1, 0.15) is 49.7 Å². The van der Waals surface area contributed by atoms with Gasteiger partial charge in [0.1, 0.15) is 0 Å². The maximum absolute atomic E-state index is 13.0. The predicted octanol–water partition coefficient (Wildman–Crippen LogP) is 3.90. The van der Waals surface area contributed by atoms with Gasteiger partial charge in [-0.2, -0.15) is 0 Å². The molecular weight excluding hydrogens is 444 g/mol. The van der Waals surface area contributed by atoms with Gasteiger partial charge in [0.25, 0.3) is 5.56 Å². The number of aromatic nitrogens is 5. The molecule has 0 radical (unpaired) electrons. The minimum atomic E-state index is -0.211. The number of H-pyrrole nitrogens is 1. The summed E-state index contributed by atoms with van der Waals surface area (Å²) in [6.07, 6.45) is 0.892. The Bertz CT molecular complexity index is 1410. The Labute approximate surface area is 203 Å². The number of aromatic amines is 1. The Hall–Kier alpha value is -3.72. The van der Waals surface area contributed by atoms with Gasteiger partial charge in [-0.25, -0.2) is 4.68 Å². The van der Waals surface area contributed by atoms with Crippen molar-refractivity contribution in [3.8, 4) is 11.5 Å². The highest BCUT2D eigenvalue weighted by Gasteiger charge is 2.25. The second-order valence-corrected chi connectivity index (χ2v) is 9.72. The Balaban J connectivity index is 1.48. The number of ether oxygens (including phenoxy) is 2. The third-order valence-electron chi connectivity index (χ3n) is 6.67. The largest absolute Gasteiger partial charge is 0.454 e. The molecule has 0 unspecified atom stereocenters. The molecule has 2 aromatic heterocycles. The monoisotopic (exact) mass is 474 g/mol. The molecule has 0 fully saturated rings. The Morgan fingerprint density at radius 1 is 1.06 bits per heavy atom. The molecule has 0 saturated heterocycles. The molecule has 9 heteroatoms. The van der Waals surface area contributed by atoms with Crippen molar-refractivity contribution in [1.82, 2.24) is 30.1 Å². The molecule has 3 heterocycles. The van der Waals surface area contributed by atoms with E-state index in [0.717, 1.165) is 28.7 Å². The van der Waals surface area contributed by atoms with Crippen molar-refractivity contribution in [2.45, 2.75) is 59.3 Å². The number of rotatable bonds is 8. The lowest BCUT2D eigenvalue weighted by molar-refractivity contribution is 0.174. The van der Waals surface area contributed by atoms with Crippen LogP contribution in [0.4, 0.5) is 0 Å². The zero-order valence-corrected chi connectivity index (χ0v) is 20.5. The van der Waals surface area contributed by atoms with E-state index in [1.807, 2.05) is 22.9 Å². The van der Waals surface area contributed by atoms with E-state index in [9.17, 15) is 4.79 Å². The first-order chi connectivity index (χ1) is 16.8. The maximum Gasteiger partial charge on any atom is 0.252 e. The van der Waals surface area contributed by atoms with E-state index >= 15 is 0 Å². The van der Waals surface area contributed by atoms with Crippen molar-refractivity contribution in [3.63, 3.8) is 0 Å². The minimum Gasteiger partial charge on any atom is -0.454 e. The first kappa shape index (κ1) is 23.0. The zero-order chi connectivity index (χ0) is 24.6. The van der Waals surface area contributed by atoms with Crippen LogP contribution in [0.5, 0.6) is 11.5 Å². The molecule has 4 aromatic rings. The molecule has 1 aliphatic heterocycles. The van der Waals surface area contributed by atoms with E-state index < -0.39 is 0 Å². The lowest BCUT2D eigenvalue weighted by Crippen LogP contribution is -2.32. The molecule has 0 saturated carbocycles. The zero-order valence-electron chi connectivity index (χ0n) is 20.5. The molecule has 1 N–H and O–H groups in total. The number of nitrogens with one attached hydrogen (secondary N) is 1. The van der Waals surface area contributed by atoms with Gasteiger partial charge in [0.15, 0.2) is 17.3 Å². The average molecular weight is 475 g/mol. The van der Waals surface area contributed by atoms with Crippen LogP contribution in [0.25, 0.3) is 10.9 Å². The number of tetrazole rings is 1. The maximum atomic E-state index is 13.0. The summed E-state index contributed by atoms with van der Waals surface area (Å²) < 4.78 is 12.9. The van der Waals surface area contributed by atoms with Crippen LogP contribution >= 0.6 is 0 Å². The van der Waals surface area contributed by atoms with Crippen LogP contribution in [-0.4, -0.2) is 36.9 Å². The van der Waals surface area contributed by atoms with Crippen molar-refractivity contribution in [2.75, 3.05) is 6.79 Å². The van der Waals surface area contributed by atoms with Crippen LogP contribution in [0, 0.1) is 6.92 Å². The first-order valence-corrected chi connectivity index (χ1v) is 11.8. The summed E-state index contributed by atoms with van der Waals surface area (Å²) in [5.41, 5.74) is 3.42. The summed E-state index contributed by atoms with van der Waals surface area (Å²) in [6.45, 7) is 10.2. The number of aryl methyl sites for hydroxylation is 1. The lowest BCUT2D eigenvalue weighted by atomic mass is 10.0. The van der Waals surface area contributed by atoms with Gasteiger partial charge in [0, 0.05) is 30.1 Å². The molecule has 1 aliphatic rings. The van der Waals surface area contributed by atoms with Crippen LogP contribution in [-0.2, 0) is 25.2 Å². The highest BCUT2D eigenvalue weighted by Crippen LogP contribution is 2.35. The van der Waals surface area contributed by atoms with Crippen molar-refractivity contribution < 1.29 is 9.47 Å². The van der Waals surface area contributed by atoms with Gasteiger partial charge in [-0.1, -0.05) is 36.8 Å². The molecule has 0 spiro atoms. The number of pyridine rings is 1. The molecule has 0 atom stereocenters. The number of nitrogens with zero attached hydrogens (tertiary/aromatic N) is 5. The van der Waals surface area contributed by atoms with E-state index in [1.54, 1.807) is 0 Å². The fourth-order valence-corrected chi connectivity index (χ4v) is 4.24. The summed E-state index contributed by atoms with van der Waals surface area (Å²) in [7, 11) is 0. The van der Waals surface area contributed by atoms with E-state index in [4.69, 9.17) is 9.47 Å². The smallest absolute Gasteiger partial charge is 0.252 e. The second kappa shape index (κ2) is 9.14. The van der Waals surface area contributed by atoms with Gasteiger partial charge in [0.2, 0.25) is 6.79 Å². The molecular formula is C26H30N6O3. The van der Waals surface area contributed by atoms with Crippen molar-refractivity contribution in [1.29, 1.82) is 0 Å². The molecule has 9 nitrogen and oxygen atoms in total.